The van der Waals surface area contributed by atoms with E-state index in [2.05, 4.69) is 4.74 Å². The van der Waals surface area contributed by atoms with E-state index in [1.165, 1.54) is 31.4 Å². The molecule has 0 aliphatic rings. The Balaban J connectivity index is 2.07. The smallest absolute Gasteiger partial charge is 0.204 e. The van der Waals surface area contributed by atoms with Crippen LogP contribution in [0.4, 0.5) is 35.1 Å². The number of hydrogen-bond acceptors (Lipinski definition) is 2. The Morgan fingerprint density at radius 3 is 1.32 bits per heavy atom. The van der Waals surface area contributed by atoms with Crippen molar-refractivity contribution in [1.82, 2.24) is 0 Å². The lowest BCUT2D eigenvalue weighted by Gasteiger charge is -2.20. The molecule has 0 N–H and O–H groups in total. The van der Waals surface area contributed by atoms with Crippen molar-refractivity contribution in [1.29, 1.82) is 0 Å². The van der Waals surface area contributed by atoms with Crippen LogP contribution >= 0.6 is 0 Å². The maximum absolute atomic E-state index is 15.3. The van der Waals surface area contributed by atoms with Gasteiger partial charge in [-0.1, -0.05) is 24.3 Å². The van der Waals surface area contributed by atoms with Gasteiger partial charge in [-0.2, -0.15) is 8.78 Å². The molecule has 2 nitrogen and oxygen atoms in total. The molecule has 0 radical (unpaired) electrons. The summed E-state index contributed by atoms with van der Waals surface area (Å²) in [5.41, 5.74) is -2.76. The van der Waals surface area contributed by atoms with Crippen molar-refractivity contribution in [3.05, 3.63) is 95.1 Å². The number of rotatable bonds is 4. The Labute approximate surface area is 209 Å². The quantitative estimate of drug-likeness (QED) is 0.131. The van der Waals surface area contributed by atoms with Gasteiger partial charge in [0.1, 0.15) is 17.4 Å². The van der Waals surface area contributed by atoms with Gasteiger partial charge in [0.25, 0.3) is 0 Å². The molecule has 0 atom stereocenters. The van der Waals surface area contributed by atoms with Crippen LogP contribution in [-0.4, -0.2) is 14.2 Å². The van der Waals surface area contributed by atoms with Crippen LogP contribution in [0.25, 0.3) is 43.8 Å². The summed E-state index contributed by atoms with van der Waals surface area (Å²) in [6, 6.07) is 8.22. The van der Waals surface area contributed by atoms with Crippen LogP contribution in [0.5, 0.6) is 11.5 Å². The fourth-order valence-electron chi connectivity index (χ4n) is 4.63. The highest BCUT2D eigenvalue weighted by atomic mass is 19.2. The molecule has 38 heavy (non-hydrogen) atoms. The molecule has 0 saturated heterocycles. The van der Waals surface area contributed by atoms with Crippen molar-refractivity contribution < 1.29 is 44.6 Å². The molecular weight excluding hydrogens is 520 g/mol. The molecule has 0 saturated carbocycles. The summed E-state index contributed by atoms with van der Waals surface area (Å²) < 4.78 is 129. The van der Waals surface area contributed by atoms with Gasteiger partial charge < -0.3 is 9.47 Å². The largest absolute Gasteiger partial charge is 0.497 e. The molecule has 5 aromatic rings. The second-order valence-corrected chi connectivity index (χ2v) is 8.24. The molecule has 5 aromatic carbocycles. The van der Waals surface area contributed by atoms with Gasteiger partial charge in [-0.3, -0.25) is 0 Å². The van der Waals surface area contributed by atoms with Gasteiger partial charge >= 0.3 is 0 Å². The summed E-state index contributed by atoms with van der Waals surface area (Å²) >= 11 is 0. The maximum atomic E-state index is 15.3. The van der Waals surface area contributed by atoms with Crippen molar-refractivity contribution >= 4 is 21.5 Å². The fraction of sp³-hybridized carbons (Fsp3) is 0.0714. The van der Waals surface area contributed by atoms with E-state index in [0.717, 1.165) is 19.2 Å². The Morgan fingerprint density at radius 1 is 0.447 bits per heavy atom. The average molecular weight is 534 g/mol. The van der Waals surface area contributed by atoms with Crippen molar-refractivity contribution in [2.24, 2.45) is 0 Å². The van der Waals surface area contributed by atoms with E-state index in [4.69, 9.17) is 4.74 Å². The SMILES string of the molecule is COc1cc(F)c(-c2c3ccccc3c(-c3c(F)c(F)c(OC)c(F)c3F)c3cc(F)c(F)cc23)c(F)c1. The second kappa shape index (κ2) is 9.20. The zero-order chi connectivity index (χ0) is 27.5. The van der Waals surface area contributed by atoms with Crippen LogP contribution in [0.3, 0.4) is 0 Å². The van der Waals surface area contributed by atoms with Gasteiger partial charge in [-0.25, -0.2) is 26.3 Å². The zero-order valence-electron chi connectivity index (χ0n) is 19.5. The Kier molecular flexibility index (Phi) is 6.13. The molecule has 0 amide bonds. The third-order valence-corrected chi connectivity index (χ3v) is 6.24. The van der Waals surface area contributed by atoms with Crippen LogP contribution < -0.4 is 9.47 Å². The van der Waals surface area contributed by atoms with Crippen LogP contribution in [0.15, 0.2) is 48.5 Å². The molecule has 0 aliphatic carbocycles. The molecule has 0 fully saturated rings. The Bertz CT molecular complexity index is 1730. The van der Waals surface area contributed by atoms with E-state index in [9.17, 15) is 17.6 Å². The first kappa shape index (κ1) is 25.3. The van der Waals surface area contributed by atoms with Crippen LogP contribution in [0.2, 0.25) is 0 Å². The number of fused-ring (bicyclic) bond motifs is 2. The molecule has 0 aliphatic heterocycles. The summed E-state index contributed by atoms with van der Waals surface area (Å²) in [4.78, 5) is 0. The Hall–Kier alpha value is -4.34. The molecule has 194 valence electrons. The normalized spacial score (nSPS) is 11.4. The van der Waals surface area contributed by atoms with Gasteiger partial charge in [0.2, 0.25) is 11.6 Å². The van der Waals surface area contributed by atoms with E-state index in [1.807, 2.05) is 0 Å². The van der Waals surface area contributed by atoms with Gasteiger partial charge in [0.15, 0.2) is 29.0 Å². The third-order valence-electron chi connectivity index (χ3n) is 6.24. The van der Waals surface area contributed by atoms with Gasteiger partial charge in [-0.15, -0.1) is 0 Å². The number of halogens is 8. The van der Waals surface area contributed by atoms with Crippen molar-refractivity contribution in [2.45, 2.75) is 0 Å². The van der Waals surface area contributed by atoms with Crippen molar-refractivity contribution in [3.8, 4) is 33.8 Å². The molecule has 0 aromatic heterocycles. The van der Waals surface area contributed by atoms with E-state index in [0.29, 0.717) is 12.1 Å². The summed E-state index contributed by atoms with van der Waals surface area (Å²) in [7, 11) is 1.98. The molecule has 0 unspecified atom stereocenters. The number of ether oxygens (including phenoxy) is 2. The number of hydrogen-bond donors (Lipinski definition) is 0. The van der Waals surface area contributed by atoms with Crippen molar-refractivity contribution in [3.63, 3.8) is 0 Å². The minimum absolute atomic E-state index is 0.0700. The number of methoxy groups -OCH3 is 2. The lowest BCUT2D eigenvalue weighted by Crippen LogP contribution is -2.05. The molecule has 5 rings (SSSR count). The van der Waals surface area contributed by atoms with Crippen LogP contribution in [0, 0.1) is 46.5 Å². The first-order valence-corrected chi connectivity index (χ1v) is 10.9. The summed E-state index contributed by atoms with van der Waals surface area (Å²) in [5.74, 6) is -14.1. The zero-order valence-corrected chi connectivity index (χ0v) is 19.5. The van der Waals surface area contributed by atoms with E-state index in [1.54, 1.807) is 0 Å². The summed E-state index contributed by atoms with van der Waals surface area (Å²) in [6.07, 6.45) is 0. The average Bonchev–Trinajstić information content (AvgIpc) is 2.89. The topological polar surface area (TPSA) is 18.5 Å². The lowest BCUT2D eigenvalue weighted by atomic mass is 9.85. The van der Waals surface area contributed by atoms with Gasteiger partial charge in [0, 0.05) is 23.3 Å². The highest BCUT2D eigenvalue weighted by Crippen LogP contribution is 2.48. The lowest BCUT2D eigenvalue weighted by molar-refractivity contribution is 0.334. The highest BCUT2D eigenvalue weighted by Gasteiger charge is 2.31. The second-order valence-electron chi connectivity index (χ2n) is 8.24. The molecular formula is C28H14F8O2. The van der Waals surface area contributed by atoms with E-state index < -0.39 is 74.4 Å². The van der Waals surface area contributed by atoms with Crippen LogP contribution in [0.1, 0.15) is 0 Å². The first-order valence-electron chi connectivity index (χ1n) is 10.9. The molecule has 10 heteroatoms. The number of benzene rings is 5. The standard InChI is InChI=1S/C28H14F8O2/c1-37-11-7-18(31)22(19(32)8-11)20-12-5-3-4-6-13(12)21(15-10-17(30)16(29)9-14(15)20)23-24(33)26(35)28(38-2)27(36)25(23)34/h3-10H,1-2H3. The highest BCUT2D eigenvalue weighted by molar-refractivity contribution is 6.21. The van der Waals surface area contributed by atoms with Crippen molar-refractivity contribution in [2.75, 3.05) is 14.2 Å². The van der Waals surface area contributed by atoms with E-state index in [-0.39, 0.29) is 27.5 Å². The summed E-state index contributed by atoms with van der Waals surface area (Å²) in [6.45, 7) is 0. The molecule has 0 bridgehead atoms. The van der Waals surface area contributed by atoms with Gasteiger partial charge in [0.05, 0.1) is 25.3 Å². The monoisotopic (exact) mass is 534 g/mol. The Morgan fingerprint density at radius 2 is 0.895 bits per heavy atom. The summed E-state index contributed by atoms with van der Waals surface area (Å²) in [5, 5.41) is -1.07. The minimum Gasteiger partial charge on any atom is -0.497 e. The fourth-order valence-corrected chi connectivity index (χ4v) is 4.63. The van der Waals surface area contributed by atoms with Crippen LogP contribution in [-0.2, 0) is 0 Å². The van der Waals surface area contributed by atoms with E-state index >= 15 is 17.6 Å². The third kappa shape index (κ3) is 3.62. The predicted octanol–water partition coefficient (Wildman–Crippen LogP) is 8.46. The molecule has 0 heterocycles. The minimum atomic E-state index is -1.87. The molecule has 0 spiro atoms. The predicted molar refractivity (Wildman–Crippen MR) is 125 cm³/mol. The first-order chi connectivity index (χ1) is 18.1. The van der Waals surface area contributed by atoms with Gasteiger partial charge in [-0.05, 0) is 33.7 Å². The maximum Gasteiger partial charge on any atom is 0.204 e.